The molecular formula is C28H37N3O6. The van der Waals surface area contributed by atoms with Crippen LogP contribution in [0.4, 0.5) is 0 Å². The van der Waals surface area contributed by atoms with E-state index in [1.54, 1.807) is 13.2 Å². The summed E-state index contributed by atoms with van der Waals surface area (Å²) in [7, 11) is 2.84. The van der Waals surface area contributed by atoms with Gasteiger partial charge in [-0.15, -0.1) is 0 Å². The van der Waals surface area contributed by atoms with Gasteiger partial charge in [-0.05, 0) is 49.8 Å². The van der Waals surface area contributed by atoms with Gasteiger partial charge in [0.25, 0.3) is 5.91 Å². The van der Waals surface area contributed by atoms with Crippen molar-refractivity contribution >= 4 is 34.5 Å². The van der Waals surface area contributed by atoms with E-state index in [1.165, 1.54) is 13.5 Å². The number of hydrogen-bond acceptors (Lipinski definition) is 6. The number of nitrogens with one attached hydrogen (secondary N) is 3. The molecule has 1 aromatic carbocycles. The number of rotatable bonds is 10. The first kappa shape index (κ1) is 26.7. The van der Waals surface area contributed by atoms with E-state index in [0.29, 0.717) is 36.6 Å². The van der Waals surface area contributed by atoms with Gasteiger partial charge < -0.3 is 25.1 Å². The summed E-state index contributed by atoms with van der Waals surface area (Å²) in [5.41, 5.74) is 1.08. The van der Waals surface area contributed by atoms with E-state index in [0.717, 1.165) is 43.0 Å². The van der Waals surface area contributed by atoms with Gasteiger partial charge >= 0.3 is 5.97 Å². The quantitative estimate of drug-likeness (QED) is 0.418. The maximum atomic E-state index is 13.5. The third-order valence-electron chi connectivity index (χ3n) is 7.76. The van der Waals surface area contributed by atoms with Crippen LogP contribution >= 0.6 is 0 Å². The highest BCUT2D eigenvalue weighted by Crippen LogP contribution is 2.29. The number of aromatic amines is 1. The molecule has 3 N–H and O–H groups in total. The van der Waals surface area contributed by atoms with Gasteiger partial charge in [-0.25, -0.2) is 4.79 Å². The molecule has 2 amide bonds. The molecule has 1 heterocycles. The van der Waals surface area contributed by atoms with Crippen molar-refractivity contribution in [2.24, 2.45) is 11.8 Å². The molecule has 2 aromatic rings. The van der Waals surface area contributed by atoms with Crippen molar-refractivity contribution in [3.8, 4) is 5.75 Å². The number of ketones is 1. The lowest BCUT2D eigenvalue weighted by Crippen LogP contribution is -2.53. The third kappa shape index (κ3) is 6.50. The monoisotopic (exact) mass is 511 g/mol. The fourth-order valence-corrected chi connectivity index (χ4v) is 5.70. The molecule has 37 heavy (non-hydrogen) atoms. The summed E-state index contributed by atoms with van der Waals surface area (Å²) in [6, 6.07) is 5.46. The zero-order valence-corrected chi connectivity index (χ0v) is 21.6. The maximum absolute atomic E-state index is 13.5. The molecule has 200 valence electrons. The van der Waals surface area contributed by atoms with Crippen LogP contribution in [0.2, 0.25) is 0 Å². The average Bonchev–Trinajstić information content (AvgIpc) is 3.53. The Kier molecular flexibility index (Phi) is 8.84. The van der Waals surface area contributed by atoms with Crippen molar-refractivity contribution in [2.45, 2.75) is 76.3 Å². The van der Waals surface area contributed by atoms with Crippen LogP contribution in [0.25, 0.3) is 10.9 Å². The molecule has 9 nitrogen and oxygen atoms in total. The lowest BCUT2D eigenvalue weighted by atomic mass is 9.84. The summed E-state index contributed by atoms with van der Waals surface area (Å²) in [6.45, 7) is 0. The van der Waals surface area contributed by atoms with E-state index < -0.39 is 29.9 Å². The largest absolute Gasteiger partial charge is 0.496 e. The lowest BCUT2D eigenvalue weighted by Gasteiger charge is -2.28. The van der Waals surface area contributed by atoms with Crippen LogP contribution in [0, 0.1) is 11.8 Å². The highest BCUT2D eigenvalue weighted by molar-refractivity contribution is 6.01. The highest BCUT2D eigenvalue weighted by atomic mass is 16.5. The number of amides is 2. The molecule has 0 radical (unpaired) electrons. The van der Waals surface area contributed by atoms with Crippen molar-refractivity contribution in [3.63, 3.8) is 0 Å². The molecule has 1 aromatic heterocycles. The molecule has 0 unspecified atom stereocenters. The smallest absolute Gasteiger partial charge is 0.328 e. The Bertz CT molecular complexity index is 1140. The second-order valence-electron chi connectivity index (χ2n) is 10.2. The number of carbonyl (C=O) groups excluding carboxylic acids is 4. The van der Waals surface area contributed by atoms with Gasteiger partial charge in [0.2, 0.25) is 5.91 Å². The number of fused-ring (bicyclic) bond motifs is 1. The van der Waals surface area contributed by atoms with Gasteiger partial charge in [0.05, 0.1) is 14.2 Å². The summed E-state index contributed by atoms with van der Waals surface area (Å²) in [4.78, 5) is 54.6. The maximum Gasteiger partial charge on any atom is 0.328 e. The summed E-state index contributed by atoms with van der Waals surface area (Å²) in [6.07, 6.45) is 8.07. The topological polar surface area (TPSA) is 127 Å². The van der Waals surface area contributed by atoms with Crippen LogP contribution in [0.3, 0.4) is 0 Å². The van der Waals surface area contributed by atoms with Gasteiger partial charge in [-0.3, -0.25) is 14.4 Å². The molecular weight excluding hydrogens is 474 g/mol. The minimum Gasteiger partial charge on any atom is -0.496 e. The molecule has 0 bridgehead atoms. The first-order valence-corrected chi connectivity index (χ1v) is 13.3. The van der Waals surface area contributed by atoms with E-state index >= 15 is 0 Å². The highest BCUT2D eigenvalue weighted by Gasteiger charge is 2.34. The van der Waals surface area contributed by atoms with Crippen molar-refractivity contribution < 1.29 is 28.7 Å². The van der Waals surface area contributed by atoms with Crippen LogP contribution in [0.1, 0.15) is 74.7 Å². The van der Waals surface area contributed by atoms with E-state index in [9.17, 15) is 19.2 Å². The zero-order valence-electron chi connectivity index (χ0n) is 21.6. The Balaban J connectivity index is 1.51. The minimum absolute atomic E-state index is 0.115. The summed E-state index contributed by atoms with van der Waals surface area (Å²) in [5, 5.41) is 6.47. The third-order valence-corrected chi connectivity index (χ3v) is 7.76. The number of ether oxygens (including phenoxy) is 2. The molecule has 4 rings (SSSR count). The fourth-order valence-electron chi connectivity index (χ4n) is 5.70. The van der Waals surface area contributed by atoms with E-state index in [4.69, 9.17) is 9.47 Å². The summed E-state index contributed by atoms with van der Waals surface area (Å²) < 4.78 is 10.3. The molecule has 2 saturated carbocycles. The first-order chi connectivity index (χ1) is 17.9. The van der Waals surface area contributed by atoms with Crippen LogP contribution < -0.4 is 15.4 Å². The second kappa shape index (κ2) is 12.3. The van der Waals surface area contributed by atoms with Gasteiger partial charge in [-0.2, -0.15) is 0 Å². The lowest BCUT2D eigenvalue weighted by molar-refractivity contribution is -0.146. The molecule has 0 saturated heterocycles. The minimum atomic E-state index is -0.937. The Morgan fingerprint density at radius 2 is 1.78 bits per heavy atom. The number of H-pyrrole nitrogens is 1. The molecule has 3 atom stereocenters. The van der Waals surface area contributed by atoms with Crippen molar-refractivity contribution in [2.75, 3.05) is 14.2 Å². The average molecular weight is 512 g/mol. The van der Waals surface area contributed by atoms with Crippen molar-refractivity contribution in [1.82, 2.24) is 15.6 Å². The van der Waals surface area contributed by atoms with Gasteiger partial charge in [0.1, 0.15) is 29.3 Å². The van der Waals surface area contributed by atoms with Crippen LogP contribution in [-0.2, 0) is 19.1 Å². The van der Waals surface area contributed by atoms with Crippen LogP contribution in [0.5, 0.6) is 5.75 Å². The molecule has 0 aliphatic heterocycles. The van der Waals surface area contributed by atoms with E-state index in [-0.39, 0.29) is 18.1 Å². The van der Waals surface area contributed by atoms with Crippen LogP contribution in [-0.4, -0.2) is 54.9 Å². The molecule has 0 spiro atoms. The standard InChI is InChI=1S/C28H37N3O6/c1-36-25-13-7-11-20-19(25)16-22(29-20)27(34)30-21(14-17-8-4-3-5-9-17)26(33)31-23(28(35)37-2)15-18-10-6-12-24(18)32/h7,11,13,16-18,21,23,29H,3-6,8-10,12,14-15H2,1-2H3,(H,30,34)(H,31,33)/t18-,21-,23-/m0/s1. The second-order valence-corrected chi connectivity index (χ2v) is 10.2. The van der Waals surface area contributed by atoms with Gasteiger partial charge in [0.15, 0.2) is 0 Å². The predicted octanol–water partition coefficient (Wildman–Crippen LogP) is 3.66. The van der Waals surface area contributed by atoms with E-state index in [2.05, 4.69) is 15.6 Å². The Labute approximate surface area is 217 Å². The number of methoxy groups -OCH3 is 2. The number of benzene rings is 1. The normalized spacial score (nSPS) is 19.8. The number of Topliss-reactive ketones (excluding diaryl/α,β-unsaturated/α-hetero) is 1. The van der Waals surface area contributed by atoms with Crippen LogP contribution in [0.15, 0.2) is 24.3 Å². The number of carbonyl (C=O) groups is 4. The SMILES string of the molecule is COC(=O)[C@H](C[C@@H]1CCCC1=O)NC(=O)[C@H](CC1CCCCC1)NC(=O)c1cc2c(OC)cccc2[nH]1. The van der Waals surface area contributed by atoms with Crippen molar-refractivity contribution in [3.05, 3.63) is 30.0 Å². The molecule has 2 fully saturated rings. The number of hydrogen-bond donors (Lipinski definition) is 3. The van der Waals surface area contributed by atoms with Gasteiger partial charge in [-0.1, -0.05) is 38.2 Å². The summed E-state index contributed by atoms with van der Waals surface area (Å²) in [5.74, 6) is -0.629. The molecule has 9 heteroatoms. The number of aromatic nitrogens is 1. The Morgan fingerprint density at radius 1 is 1.00 bits per heavy atom. The molecule has 2 aliphatic carbocycles. The summed E-state index contributed by atoms with van der Waals surface area (Å²) >= 11 is 0. The predicted molar refractivity (Wildman–Crippen MR) is 138 cm³/mol. The zero-order chi connectivity index (χ0) is 26.4. The van der Waals surface area contributed by atoms with E-state index in [1.807, 2.05) is 18.2 Å². The first-order valence-electron chi connectivity index (χ1n) is 13.3. The molecule has 2 aliphatic rings. The Hall–Kier alpha value is -3.36. The van der Waals surface area contributed by atoms with Crippen molar-refractivity contribution in [1.29, 1.82) is 0 Å². The fraction of sp³-hybridized carbons (Fsp3) is 0.571. The van der Waals surface area contributed by atoms with Gasteiger partial charge in [0, 0.05) is 23.2 Å². The Morgan fingerprint density at radius 3 is 2.46 bits per heavy atom. The number of esters is 1.